The predicted molar refractivity (Wildman–Crippen MR) is 96.0 cm³/mol. The van der Waals surface area contributed by atoms with Gasteiger partial charge in [0.05, 0.1) is 11.0 Å². The molecule has 2 saturated carbocycles. The third kappa shape index (κ3) is 2.27. The maximum absolute atomic E-state index is 13.3. The molecule has 6 nitrogen and oxygen atoms in total. The number of H-pyrrole nitrogens is 1. The summed E-state index contributed by atoms with van der Waals surface area (Å²) in [6.45, 7) is 3.54. The maximum atomic E-state index is 13.3. The molecule has 2 aliphatic carbocycles. The smallest absolute Gasteiger partial charge is 0.255 e. The molecule has 1 saturated heterocycles. The van der Waals surface area contributed by atoms with Crippen LogP contribution in [0.1, 0.15) is 79.2 Å². The van der Waals surface area contributed by atoms with Gasteiger partial charge in [0.2, 0.25) is 11.8 Å². The van der Waals surface area contributed by atoms with E-state index in [0.29, 0.717) is 24.3 Å². The number of hydrogen-bond acceptors (Lipinski definition) is 4. The lowest BCUT2D eigenvalue weighted by Crippen LogP contribution is -2.35. The van der Waals surface area contributed by atoms with Crippen LogP contribution in [0.5, 0.6) is 0 Å². The van der Waals surface area contributed by atoms with Crippen LogP contribution in [0.3, 0.4) is 0 Å². The van der Waals surface area contributed by atoms with Gasteiger partial charge < -0.3 is 14.3 Å². The Kier molecular flexibility index (Phi) is 3.69. The average Bonchev–Trinajstić information content (AvgIpc) is 3.34. The highest BCUT2D eigenvalue weighted by molar-refractivity contribution is 5.96. The van der Waals surface area contributed by atoms with Gasteiger partial charge in [0, 0.05) is 31.4 Å². The number of nitrogens with zero attached hydrogens (tertiary/aromatic N) is 3. The van der Waals surface area contributed by atoms with E-state index >= 15 is 0 Å². The molecule has 0 spiro atoms. The number of rotatable bonds is 4. The number of carbonyl (C=O) groups is 1. The van der Waals surface area contributed by atoms with Crippen LogP contribution in [-0.4, -0.2) is 39.1 Å². The van der Waals surface area contributed by atoms with Gasteiger partial charge in [-0.05, 0) is 43.6 Å². The molecule has 2 aromatic rings. The van der Waals surface area contributed by atoms with Crippen LogP contribution in [-0.2, 0) is 11.8 Å². The fraction of sp³-hybridized carbons (Fsp3) is 0.650. The fourth-order valence-corrected chi connectivity index (χ4v) is 5.17. The molecule has 2 atom stereocenters. The van der Waals surface area contributed by atoms with Crippen molar-refractivity contribution < 1.29 is 9.21 Å². The number of carbonyl (C=O) groups excluding carboxylic acids is 1. The highest BCUT2D eigenvalue weighted by atomic mass is 16.4. The molecule has 3 fully saturated rings. The third-order valence-corrected chi connectivity index (χ3v) is 6.88. The first-order valence-corrected chi connectivity index (χ1v) is 10.0. The molecular formula is C20H26N4O2. The molecule has 1 amide bonds. The number of aromatic nitrogens is 3. The van der Waals surface area contributed by atoms with Crippen LogP contribution < -0.4 is 0 Å². The number of likely N-dealkylation sites (tertiary alicyclic amines) is 1. The standard InChI is InChI=1S/C20H26N4O2/c1-2-16-22-23-19(26-16)20-9-4-7-14(20)11-24(12-20)18(25)15-8-10-21-17(15)13-5-3-6-13/h8,10,13-14,21H,2-7,9,11-12H2,1H3/t14-,20-/m0/s1. The Morgan fingerprint density at radius 2 is 2.23 bits per heavy atom. The number of aromatic amines is 1. The molecule has 138 valence electrons. The molecule has 6 heteroatoms. The van der Waals surface area contributed by atoms with Gasteiger partial charge in [-0.25, -0.2) is 0 Å². The Morgan fingerprint density at radius 1 is 1.35 bits per heavy atom. The Hall–Kier alpha value is -2.11. The second-order valence-corrected chi connectivity index (χ2v) is 8.22. The van der Waals surface area contributed by atoms with Crippen LogP contribution in [0.2, 0.25) is 0 Å². The van der Waals surface area contributed by atoms with E-state index in [-0.39, 0.29) is 11.3 Å². The summed E-state index contributed by atoms with van der Waals surface area (Å²) in [5.41, 5.74) is 1.87. The molecule has 5 rings (SSSR count). The van der Waals surface area contributed by atoms with Crippen LogP contribution in [0.25, 0.3) is 0 Å². The number of aryl methyl sites for hydroxylation is 1. The molecule has 0 radical (unpaired) electrons. The number of hydrogen-bond donors (Lipinski definition) is 1. The van der Waals surface area contributed by atoms with E-state index in [1.165, 1.54) is 25.7 Å². The van der Waals surface area contributed by atoms with Crippen molar-refractivity contribution in [2.45, 2.75) is 63.2 Å². The summed E-state index contributed by atoms with van der Waals surface area (Å²) in [5, 5.41) is 8.55. The zero-order valence-corrected chi connectivity index (χ0v) is 15.3. The van der Waals surface area contributed by atoms with Gasteiger partial charge in [0.15, 0.2) is 0 Å². The summed E-state index contributed by atoms with van der Waals surface area (Å²) in [7, 11) is 0. The van der Waals surface area contributed by atoms with Gasteiger partial charge in [0.1, 0.15) is 0 Å². The fourth-order valence-electron chi connectivity index (χ4n) is 5.17. The van der Waals surface area contributed by atoms with Gasteiger partial charge in [-0.15, -0.1) is 10.2 Å². The zero-order chi connectivity index (χ0) is 17.7. The lowest BCUT2D eigenvalue weighted by Gasteiger charge is -2.27. The highest BCUT2D eigenvalue weighted by Gasteiger charge is 2.55. The minimum Gasteiger partial charge on any atom is -0.425 e. The lowest BCUT2D eigenvalue weighted by molar-refractivity contribution is 0.0773. The first-order chi connectivity index (χ1) is 12.7. The summed E-state index contributed by atoms with van der Waals surface area (Å²) >= 11 is 0. The van der Waals surface area contributed by atoms with Crippen LogP contribution in [0.4, 0.5) is 0 Å². The molecular weight excluding hydrogens is 328 g/mol. The molecule has 26 heavy (non-hydrogen) atoms. The van der Waals surface area contributed by atoms with E-state index < -0.39 is 0 Å². The largest absolute Gasteiger partial charge is 0.425 e. The van der Waals surface area contributed by atoms with Crippen LogP contribution in [0.15, 0.2) is 16.7 Å². The van der Waals surface area contributed by atoms with Crippen LogP contribution >= 0.6 is 0 Å². The summed E-state index contributed by atoms with van der Waals surface area (Å²) < 4.78 is 5.96. The molecule has 1 N–H and O–H groups in total. The van der Waals surface area contributed by atoms with E-state index in [1.807, 2.05) is 24.1 Å². The number of amides is 1. The van der Waals surface area contributed by atoms with Gasteiger partial charge in [0.25, 0.3) is 5.91 Å². The molecule has 3 heterocycles. The van der Waals surface area contributed by atoms with Crippen molar-refractivity contribution in [1.82, 2.24) is 20.1 Å². The average molecular weight is 354 g/mol. The normalized spacial score (nSPS) is 28.3. The van der Waals surface area contributed by atoms with Crippen molar-refractivity contribution in [3.05, 3.63) is 35.3 Å². The van der Waals surface area contributed by atoms with Crippen molar-refractivity contribution in [2.24, 2.45) is 5.92 Å². The summed E-state index contributed by atoms with van der Waals surface area (Å²) in [6.07, 6.45) is 9.66. The number of fused-ring (bicyclic) bond motifs is 1. The SMILES string of the molecule is CCc1nnc([C@]23CCC[C@H]2CN(C(=O)c2cc[nH]c2C2CCC2)C3)o1. The van der Waals surface area contributed by atoms with Crippen molar-refractivity contribution in [2.75, 3.05) is 13.1 Å². The first kappa shape index (κ1) is 16.1. The Morgan fingerprint density at radius 3 is 2.96 bits per heavy atom. The van der Waals surface area contributed by atoms with Crippen molar-refractivity contribution in [1.29, 1.82) is 0 Å². The number of nitrogens with one attached hydrogen (secondary N) is 1. The Balaban J connectivity index is 1.42. The van der Waals surface area contributed by atoms with Crippen molar-refractivity contribution in [3.8, 4) is 0 Å². The topological polar surface area (TPSA) is 75.0 Å². The van der Waals surface area contributed by atoms with Gasteiger partial charge in [-0.2, -0.15) is 0 Å². The third-order valence-electron chi connectivity index (χ3n) is 6.88. The summed E-state index contributed by atoms with van der Waals surface area (Å²) in [6, 6.07) is 1.96. The predicted octanol–water partition coefficient (Wildman–Crippen LogP) is 3.42. The van der Waals surface area contributed by atoms with Crippen molar-refractivity contribution in [3.63, 3.8) is 0 Å². The van der Waals surface area contributed by atoms with Crippen molar-refractivity contribution >= 4 is 5.91 Å². The first-order valence-electron chi connectivity index (χ1n) is 10.0. The minimum absolute atomic E-state index is 0.136. The van der Waals surface area contributed by atoms with E-state index in [4.69, 9.17) is 4.42 Å². The monoisotopic (exact) mass is 354 g/mol. The maximum Gasteiger partial charge on any atom is 0.255 e. The molecule has 2 aromatic heterocycles. The molecule has 1 aliphatic heterocycles. The van der Waals surface area contributed by atoms with Gasteiger partial charge in [-0.1, -0.05) is 19.8 Å². The lowest BCUT2D eigenvalue weighted by atomic mass is 9.80. The minimum atomic E-state index is -0.136. The molecule has 3 aliphatic rings. The Bertz CT molecular complexity index is 821. The second kappa shape index (κ2) is 5.96. The summed E-state index contributed by atoms with van der Waals surface area (Å²) in [4.78, 5) is 18.6. The molecule has 0 bridgehead atoms. The quantitative estimate of drug-likeness (QED) is 0.913. The second-order valence-electron chi connectivity index (χ2n) is 8.22. The van der Waals surface area contributed by atoms with Crippen LogP contribution in [0, 0.1) is 5.92 Å². The van der Waals surface area contributed by atoms with E-state index in [0.717, 1.165) is 43.0 Å². The van der Waals surface area contributed by atoms with E-state index in [1.54, 1.807) is 0 Å². The Labute approximate surface area is 153 Å². The van der Waals surface area contributed by atoms with Gasteiger partial charge in [-0.3, -0.25) is 4.79 Å². The van der Waals surface area contributed by atoms with E-state index in [2.05, 4.69) is 15.2 Å². The van der Waals surface area contributed by atoms with Gasteiger partial charge >= 0.3 is 0 Å². The summed E-state index contributed by atoms with van der Waals surface area (Å²) in [5.74, 6) is 2.58. The zero-order valence-electron chi connectivity index (χ0n) is 15.3. The highest BCUT2D eigenvalue weighted by Crippen LogP contribution is 2.50. The van der Waals surface area contributed by atoms with E-state index in [9.17, 15) is 4.79 Å². The molecule has 0 aromatic carbocycles. The molecule has 0 unspecified atom stereocenters.